The molecule has 0 bridgehead atoms. The van der Waals surface area contributed by atoms with Gasteiger partial charge in [0.15, 0.2) is 0 Å². The Labute approximate surface area is 239 Å². The topological polar surface area (TPSA) is 36.9 Å². The molecular weight excluding hydrogens is 534 g/mol. The van der Waals surface area contributed by atoms with Gasteiger partial charge in [0.2, 0.25) is 0 Å². The number of benzene rings is 5. The SMILES string of the molecule is COc1ccc(P(c2ccc(OC)cc2)c2ccc(P(c3ccc(OC)cc3)c3ccc(OC)cc3)cc2)cc1. The maximum atomic E-state index is 5.42. The van der Waals surface area contributed by atoms with Crippen LogP contribution in [0.4, 0.5) is 0 Å². The summed E-state index contributed by atoms with van der Waals surface area (Å²) in [6.07, 6.45) is 0. The first-order valence-electron chi connectivity index (χ1n) is 12.9. The molecule has 0 unspecified atom stereocenters. The van der Waals surface area contributed by atoms with Crippen molar-refractivity contribution in [2.75, 3.05) is 28.4 Å². The molecular formula is C34H32O4P2. The van der Waals surface area contributed by atoms with Crippen LogP contribution in [0.25, 0.3) is 0 Å². The van der Waals surface area contributed by atoms with E-state index in [2.05, 4.69) is 72.8 Å². The van der Waals surface area contributed by atoms with Crippen molar-refractivity contribution in [3.8, 4) is 23.0 Å². The lowest BCUT2D eigenvalue weighted by Crippen LogP contribution is -2.24. The second-order valence-electron chi connectivity index (χ2n) is 8.98. The van der Waals surface area contributed by atoms with E-state index in [0.29, 0.717) is 0 Å². The highest BCUT2D eigenvalue weighted by atomic mass is 31.1. The minimum absolute atomic E-state index is 0.771. The third-order valence-electron chi connectivity index (χ3n) is 6.69. The van der Waals surface area contributed by atoms with Crippen LogP contribution in [0.5, 0.6) is 23.0 Å². The van der Waals surface area contributed by atoms with E-state index in [9.17, 15) is 0 Å². The predicted octanol–water partition coefficient (Wildman–Crippen LogP) is 5.24. The van der Waals surface area contributed by atoms with Gasteiger partial charge in [-0.3, -0.25) is 0 Å². The van der Waals surface area contributed by atoms with Gasteiger partial charge in [0.05, 0.1) is 28.4 Å². The number of hydrogen-bond donors (Lipinski definition) is 0. The average molecular weight is 567 g/mol. The lowest BCUT2D eigenvalue weighted by Gasteiger charge is -2.23. The Balaban J connectivity index is 1.56. The Bertz CT molecular complexity index is 1290. The van der Waals surface area contributed by atoms with Crippen LogP contribution < -0.4 is 50.8 Å². The maximum Gasteiger partial charge on any atom is 0.118 e. The molecule has 0 radical (unpaired) electrons. The van der Waals surface area contributed by atoms with E-state index in [1.165, 1.54) is 31.8 Å². The van der Waals surface area contributed by atoms with Gasteiger partial charge in [-0.25, -0.2) is 0 Å². The van der Waals surface area contributed by atoms with E-state index in [1.807, 2.05) is 48.5 Å². The molecule has 0 fully saturated rings. The van der Waals surface area contributed by atoms with Gasteiger partial charge in [0.25, 0.3) is 0 Å². The fraction of sp³-hybridized carbons (Fsp3) is 0.118. The highest BCUT2D eigenvalue weighted by Crippen LogP contribution is 2.37. The number of methoxy groups -OCH3 is 4. The Hall–Kier alpha value is -3.84. The molecule has 5 aromatic rings. The smallest absolute Gasteiger partial charge is 0.118 e. The number of hydrogen-bond acceptors (Lipinski definition) is 4. The standard InChI is InChI=1S/C34H32O4P2/c1-35-25-5-13-29(14-6-25)39(30-15-7-26(36-2)8-16-30)33-21-23-34(24-22-33)40(31-17-9-27(37-3)10-18-31)32-19-11-28(38-4)12-20-32/h5-24H,1-4H3. The van der Waals surface area contributed by atoms with Gasteiger partial charge in [-0.05, 0) is 96.2 Å². The highest BCUT2D eigenvalue weighted by molar-refractivity contribution is 7.80. The quantitative estimate of drug-likeness (QED) is 0.217. The van der Waals surface area contributed by atoms with Gasteiger partial charge >= 0.3 is 0 Å². The summed E-state index contributed by atoms with van der Waals surface area (Å²) in [7, 11) is 5.25. The molecule has 202 valence electrons. The summed E-state index contributed by atoms with van der Waals surface area (Å²) in [6, 6.07) is 42.8. The van der Waals surface area contributed by atoms with Crippen LogP contribution in [0.3, 0.4) is 0 Å². The monoisotopic (exact) mass is 566 g/mol. The first-order chi connectivity index (χ1) is 19.6. The van der Waals surface area contributed by atoms with Crippen molar-refractivity contribution < 1.29 is 18.9 Å². The van der Waals surface area contributed by atoms with Crippen molar-refractivity contribution >= 4 is 47.7 Å². The summed E-state index contributed by atoms with van der Waals surface area (Å²) >= 11 is 0. The zero-order valence-electron chi connectivity index (χ0n) is 23.1. The zero-order valence-corrected chi connectivity index (χ0v) is 24.9. The third kappa shape index (κ3) is 6.15. The third-order valence-corrected chi connectivity index (χ3v) is 11.6. The molecule has 0 aliphatic rings. The molecule has 0 atom stereocenters. The van der Waals surface area contributed by atoms with Crippen molar-refractivity contribution in [1.29, 1.82) is 0 Å². The molecule has 0 spiro atoms. The minimum Gasteiger partial charge on any atom is -0.497 e. The van der Waals surface area contributed by atoms with Crippen molar-refractivity contribution in [2.24, 2.45) is 0 Å². The second kappa shape index (κ2) is 13.0. The molecule has 5 rings (SSSR count). The molecule has 0 amide bonds. The number of rotatable bonds is 10. The minimum atomic E-state index is -0.771. The predicted molar refractivity (Wildman–Crippen MR) is 170 cm³/mol. The molecule has 0 saturated heterocycles. The summed E-state index contributed by atoms with van der Waals surface area (Å²) in [5, 5.41) is 7.63. The Morgan fingerprint density at radius 3 is 0.575 bits per heavy atom. The van der Waals surface area contributed by atoms with Crippen LogP contribution in [0.2, 0.25) is 0 Å². The summed E-state index contributed by atoms with van der Waals surface area (Å²) < 4.78 is 21.7. The van der Waals surface area contributed by atoms with Crippen molar-refractivity contribution in [1.82, 2.24) is 0 Å². The average Bonchev–Trinajstić information content (AvgIpc) is 3.03. The maximum absolute atomic E-state index is 5.42. The first kappa shape index (κ1) is 27.7. The lowest BCUT2D eigenvalue weighted by atomic mass is 10.3. The Morgan fingerprint density at radius 1 is 0.275 bits per heavy atom. The summed E-state index contributed by atoms with van der Waals surface area (Å²) in [5.41, 5.74) is 0. The van der Waals surface area contributed by atoms with Crippen molar-refractivity contribution in [3.05, 3.63) is 121 Å². The largest absolute Gasteiger partial charge is 0.497 e. The Kier molecular flexibility index (Phi) is 9.01. The fourth-order valence-electron chi connectivity index (χ4n) is 4.57. The fourth-order valence-corrected chi connectivity index (χ4v) is 9.04. The van der Waals surface area contributed by atoms with E-state index < -0.39 is 15.8 Å². The zero-order chi connectivity index (χ0) is 27.9. The van der Waals surface area contributed by atoms with Crippen LogP contribution in [0.15, 0.2) is 121 Å². The summed E-state index contributed by atoms with van der Waals surface area (Å²) in [4.78, 5) is 0. The van der Waals surface area contributed by atoms with Crippen LogP contribution in [0.1, 0.15) is 0 Å². The molecule has 5 aromatic carbocycles. The molecule has 40 heavy (non-hydrogen) atoms. The van der Waals surface area contributed by atoms with Gasteiger partial charge in [-0.2, -0.15) is 0 Å². The molecule has 0 aliphatic heterocycles. The van der Waals surface area contributed by atoms with E-state index in [0.717, 1.165) is 23.0 Å². The summed E-state index contributed by atoms with van der Waals surface area (Å²) in [5.74, 6) is 3.42. The second-order valence-corrected chi connectivity index (χ2v) is 13.4. The first-order valence-corrected chi connectivity index (χ1v) is 15.6. The van der Waals surface area contributed by atoms with Gasteiger partial charge in [-0.15, -0.1) is 0 Å². The normalized spacial score (nSPS) is 10.9. The molecule has 0 aliphatic carbocycles. The molecule has 0 aromatic heterocycles. The van der Waals surface area contributed by atoms with Gasteiger partial charge in [0.1, 0.15) is 23.0 Å². The van der Waals surface area contributed by atoms with Crippen LogP contribution in [0, 0.1) is 0 Å². The van der Waals surface area contributed by atoms with E-state index in [4.69, 9.17) is 18.9 Å². The summed E-state index contributed by atoms with van der Waals surface area (Å²) in [6.45, 7) is 0. The molecule has 0 N–H and O–H groups in total. The van der Waals surface area contributed by atoms with Crippen molar-refractivity contribution in [2.45, 2.75) is 0 Å². The lowest BCUT2D eigenvalue weighted by molar-refractivity contribution is 0.415. The van der Waals surface area contributed by atoms with E-state index in [-0.39, 0.29) is 0 Å². The number of ether oxygens (including phenoxy) is 4. The van der Waals surface area contributed by atoms with E-state index in [1.54, 1.807) is 28.4 Å². The molecule has 0 saturated carbocycles. The Morgan fingerprint density at radius 2 is 0.425 bits per heavy atom. The molecule has 4 nitrogen and oxygen atoms in total. The van der Waals surface area contributed by atoms with E-state index >= 15 is 0 Å². The van der Waals surface area contributed by atoms with Crippen LogP contribution >= 0.6 is 15.8 Å². The highest BCUT2D eigenvalue weighted by Gasteiger charge is 2.20. The van der Waals surface area contributed by atoms with Gasteiger partial charge < -0.3 is 18.9 Å². The van der Waals surface area contributed by atoms with Crippen LogP contribution in [-0.4, -0.2) is 28.4 Å². The van der Waals surface area contributed by atoms with Crippen LogP contribution in [-0.2, 0) is 0 Å². The molecule has 0 heterocycles. The molecule has 6 heteroatoms. The van der Waals surface area contributed by atoms with Gasteiger partial charge in [0, 0.05) is 0 Å². The van der Waals surface area contributed by atoms with Crippen molar-refractivity contribution in [3.63, 3.8) is 0 Å². The van der Waals surface area contributed by atoms with Gasteiger partial charge in [-0.1, -0.05) is 72.8 Å².